The second-order valence-electron chi connectivity index (χ2n) is 15.0. The Morgan fingerprint density at radius 2 is 1.11 bits per heavy atom. The van der Waals surface area contributed by atoms with E-state index in [1.165, 1.54) is 77.0 Å². The summed E-state index contributed by atoms with van der Waals surface area (Å²) < 4.78 is 53.5. The maximum Gasteiger partial charge on any atom is 0.472 e. The van der Waals surface area contributed by atoms with Crippen molar-refractivity contribution >= 4 is 27.6 Å². The van der Waals surface area contributed by atoms with Crippen LogP contribution in [0.1, 0.15) is 181 Å². The van der Waals surface area contributed by atoms with Gasteiger partial charge < -0.3 is 34.0 Å². The van der Waals surface area contributed by atoms with Crippen LogP contribution in [0.3, 0.4) is 0 Å². The van der Waals surface area contributed by atoms with E-state index in [1.54, 1.807) is 0 Å². The maximum atomic E-state index is 12.6. The van der Waals surface area contributed by atoms with Crippen molar-refractivity contribution in [3.8, 4) is 0 Å². The molecule has 4 N–H and O–H groups in total. The van der Waals surface area contributed by atoms with E-state index >= 15 is 0 Å². The smallest absolute Gasteiger partial charge is 0.462 e. The van der Waals surface area contributed by atoms with Gasteiger partial charge >= 0.3 is 27.6 Å². The first-order chi connectivity index (χ1) is 26.8. The van der Waals surface area contributed by atoms with Crippen molar-refractivity contribution in [3.05, 3.63) is 12.2 Å². The predicted octanol–water partition coefficient (Wildman–Crippen LogP) is 9.55. The number of carbonyl (C=O) groups excluding carboxylic acids is 2. The van der Waals surface area contributed by atoms with Gasteiger partial charge in [-0.2, -0.15) is 0 Å². The summed E-state index contributed by atoms with van der Waals surface area (Å²) >= 11 is 0. The van der Waals surface area contributed by atoms with Gasteiger partial charge in [0, 0.05) is 12.8 Å². The molecule has 0 bridgehead atoms. The van der Waals surface area contributed by atoms with Crippen molar-refractivity contribution < 1.29 is 66.3 Å². The molecular weight excluding hydrogens is 766 g/mol. The van der Waals surface area contributed by atoms with Crippen LogP contribution < -0.4 is 0 Å². The lowest BCUT2D eigenvalue weighted by Crippen LogP contribution is -2.30. The summed E-state index contributed by atoms with van der Waals surface area (Å²) in [4.78, 5) is 52.7. The minimum Gasteiger partial charge on any atom is -0.462 e. The molecule has 1 rings (SSSR count). The molecule has 3 unspecified atom stereocenters. The SMILES string of the molecule is CCCCC/C=C\CC1OC1CCCCCCCC(=O)OC[C@H](COP(=O)(O)OC[C@@H](O)COP(=O)(O)O)OC(=O)CCCCCCCCCCCCCCC. The number of allylic oxidation sites excluding steroid dienone is 1. The molecule has 0 aromatic heterocycles. The summed E-state index contributed by atoms with van der Waals surface area (Å²) in [5.74, 6) is -1.05. The number of hydrogen-bond acceptors (Lipinski definition) is 11. The Labute approximate surface area is 337 Å². The third-order valence-corrected chi connectivity index (χ3v) is 11.0. The van der Waals surface area contributed by atoms with E-state index in [4.69, 9.17) is 28.5 Å². The Kier molecular flexibility index (Phi) is 31.7. The number of ether oxygens (including phenoxy) is 3. The average Bonchev–Trinajstić information content (AvgIpc) is 3.91. The minimum atomic E-state index is -4.86. The van der Waals surface area contributed by atoms with Crippen LogP contribution in [0.4, 0.5) is 0 Å². The van der Waals surface area contributed by atoms with Crippen LogP contribution in [0.25, 0.3) is 0 Å². The number of aliphatic hydroxyl groups is 1. The van der Waals surface area contributed by atoms with Crippen LogP contribution in [0.2, 0.25) is 0 Å². The fourth-order valence-electron chi connectivity index (χ4n) is 6.18. The maximum absolute atomic E-state index is 12.6. The molecule has 1 fully saturated rings. The molecule has 14 nitrogen and oxygen atoms in total. The van der Waals surface area contributed by atoms with Gasteiger partial charge in [-0.1, -0.05) is 142 Å². The second kappa shape index (κ2) is 33.6. The monoisotopic (exact) mass is 842 g/mol. The Morgan fingerprint density at radius 1 is 0.607 bits per heavy atom. The Balaban J connectivity index is 2.36. The third-order valence-electron chi connectivity index (χ3n) is 9.57. The van der Waals surface area contributed by atoms with Gasteiger partial charge in [0.15, 0.2) is 6.10 Å². The number of carbonyl (C=O) groups is 2. The van der Waals surface area contributed by atoms with Gasteiger partial charge in [-0.15, -0.1) is 0 Å². The number of rotatable bonds is 40. The minimum absolute atomic E-state index is 0.130. The first kappa shape index (κ1) is 52.8. The molecule has 0 amide bonds. The number of epoxide rings is 1. The number of unbranched alkanes of at least 4 members (excludes halogenated alkanes) is 19. The molecule has 1 heterocycles. The number of phosphoric acid groups is 2. The zero-order valence-corrected chi connectivity index (χ0v) is 36.2. The van der Waals surface area contributed by atoms with E-state index in [2.05, 4.69) is 35.0 Å². The molecule has 1 aliphatic heterocycles. The quantitative estimate of drug-likeness (QED) is 0.0149. The van der Waals surface area contributed by atoms with E-state index in [0.717, 1.165) is 64.2 Å². The normalized spacial score (nSPS) is 17.8. The van der Waals surface area contributed by atoms with Crippen molar-refractivity contribution in [2.24, 2.45) is 0 Å². The molecule has 0 saturated carbocycles. The number of esters is 2. The van der Waals surface area contributed by atoms with Gasteiger partial charge in [0.1, 0.15) is 12.7 Å². The third kappa shape index (κ3) is 33.8. The second-order valence-corrected chi connectivity index (χ2v) is 17.7. The Morgan fingerprint density at radius 3 is 1.70 bits per heavy atom. The van der Waals surface area contributed by atoms with Gasteiger partial charge in [0.05, 0.1) is 32.0 Å². The molecule has 0 spiro atoms. The Bertz CT molecular complexity index is 1120. The van der Waals surface area contributed by atoms with Gasteiger partial charge in [-0.3, -0.25) is 23.2 Å². The summed E-state index contributed by atoms with van der Waals surface area (Å²) in [6.45, 7) is 1.71. The molecule has 1 aliphatic rings. The van der Waals surface area contributed by atoms with Crippen LogP contribution >= 0.6 is 15.6 Å². The number of aliphatic hydroxyl groups excluding tert-OH is 1. The van der Waals surface area contributed by atoms with E-state index in [1.807, 2.05) is 0 Å². The highest BCUT2D eigenvalue weighted by atomic mass is 31.2. The molecule has 0 aromatic carbocycles. The first-order valence-electron chi connectivity index (χ1n) is 21.5. The summed E-state index contributed by atoms with van der Waals surface area (Å²) in [6, 6.07) is 0. The van der Waals surface area contributed by atoms with E-state index in [0.29, 0.717) is 25.0 Å². The van der Waals surface area contributed by atoms with Crippen LogP contribution in [0.5, 0.6) is 0 Å². The van der Waals surface area contributed by atoms with E-state index < -0.39 is 66.2 Å². The van der Waals surface area contributed by atoms with Gasteiger partial charge in [0.25, 0.3) is 0 Å². The lowest BCUT2D eigenvalue weighted by molar-refractivity contribution is -0.161. The lowest BCUT2D eigenvalue weighted by atomic mass is 10.0. The molecule has 0 aromatic rings. The molecular formula is C40H76O14P2. The van der Waals surface area contributed by atoms with Crippen LogP contribution in [-0.2, 0) is 46.5 Å². The summed E-state index contributed by atoms with van der Waals surface area (Å²) in [6.07, 6.45) is 29.4. The van der Waals surface area contributed by atoms with Crippen molar-refractivity contribution in [3.63, 3.8) is 0 Å². The largest absolute Gasteiger partial charge is 0.472 e. The van der Waals surface area contributed by atoms with Crippen LogP contribution in [-0.4, -0.2) is 82.6 Å². The topological polar surface area (TPSA) is 208 Å². The van der Waals surface area contributed by atoms with Crippen LogP contribution in [0.15, 0.2) is 12.2 Å². The molecule has 0 radical (unpaired) electrons. The lowest BCUT2D eigenvalue weighted by Gasteiger charge is -2.20. The molecule has 16 heteroatoms. The predicted molar refractivity (Wildman–Crippen MR) is 216 cm³/mol. The fraction of sp³-hybridized carbons (Fsp3) is 0.900. The van der Waals surface area contributed by atoms with Gasteiger partial charge in [-0.25, -0.2) is 9.13 Å². The average molecular weight is 843 g/mol. The summed E-state index contributed by atoms with van der Waals surface area (Å²) in [5, 5.41) is 9.74. The highest BCUT2D eigenvalue weighted by molar-refractivity contribution is 7.47. The Hall–Kier alpha value is -1.18. The molecule has 1 saturated heterocycles. The standard InChI is InChI=1S/C40H76O14P2/c1-3-5-7-9-11-12-13-14-15-16-17-21-26-30-40(43)53-36(34-52-56(47,48)51-32-35(41)31-50-55(44,45)46)33-49-39(42)29-25-22-18-20-24-28-38-37(54-38)27-23-19-10-8-6-4-2/h19,23,35-38,41H,3-18,20-22,24-34H2,1-2H3,(H,47,48)(H2,44,45,46)/b23-19-/t35-,36+,37?,38?/m0/s1. The highest BCUT2D eigenvalue weighted by Gasteiger charge is 2.36. The highest BCUT2D eigenvalue weighted by Crippen LogP contribution is 2.44. The zero-order valence-electron chi connectivity index (χ0n) is 34.4. The molecule has 330 valence electrons. The van der Waals surface area contributed by atoms with Crippen molar-refractivity contribution in [2.45, 2.75) is 205 Å². The number of hydrogen-bond donors (Lipinski definition) is 4. The fourth-order valence-corrected chi connectivity index (χ4v) is 7.33. The van der Waals surface area contributed by atoms with Gasteiger partial charge in [-0.05, 0) is 38.5 Å². The van der Waals surface area contributed by atoms with Crippen LogP contribution in [0, 0.1) is 0 Å². The van der Waals surface area contributed by atoms with Crippen molar-refractivity contribution in [1.82, 2.24) is 0 Å². The van der Waals surface area contributed by atoms with E-state index in [-0.39, 0.29) is 12.8 Å². The van der Waals surface area contributed by atoms with Crippen molar-refractivity contribution in [1.29, 1.82) is 0 Å². The first-order valence-corrected chi connectivity index (χ1v) is 24.5. The van der Waals surface area contributed by atoms with Gasteiger partial charge in [0.2, 0.25) is 0 Å². The molecule has 0 aliphatic carbocycles. The summed E-state index contributed by atoms with van der Waals surface area (Å²) in [7, 11) is -9.67. The molecule has 5 atom stereocenters. The van der Waals surface area contributed by atoms with E-state index in [9.17, 15) is 28.7 Å². The van der Waals surface area contributed by atoms with Crippen molar-refractivity contribution in [2.75, 3.05) is 26.4 Å². The summed E-state index contributed by atoms with van der Waals surface area (Å²) in [5.41, 5.74) is 0. The zero-order chi connectivity index (χ0) is 41.3. The molecule has 56 heavy (non-hydrogen) atoms. The number of phosphoric ester groups is 2.